The van der Waals surface area contributed by atoms with Gasteiger partial charge in [0.2, 0.25) is 10.0 Å². The third-order valence-electron chi connectivity index (χ3n) is 3.22. The highest BCUT2D eigenvalue weighted by atomic mass is 32.2. The summed E-state index contributed by atoms with van der Waals surface area (Å²) in [6, 6.07) is 2.86. The van der Waals surface area contributed by atoms with Gasteiger partial charge in [-0.1, -0.05) is 19.9 Å². The third-order valence-corrected chi connectivity index (χ3v) is 5.00. The molecule has 0 amide bonds. The van der Waals surface area contributed by atoms with Gasteiger partial charge in [0, 0.05) is 11.7 Å². The second-order valence-electron chi connectivity index (χ2n) is 5.08. The summed E-state index contributed by atoms with van der Waals surface area (Å²) in [6.45, 7) is 6.87. The number of sulfonamides is 1. The van der Waals surface area contributed by atoms with Crippen LogP contribution in [0.5, 0.6) is 0 Å². The van der Waals surface area contributed by atoms with Crippen molar-refractivity contribution in [3.05, 3.63) is 23.3 Å². The van der Waals surface area contributed by atoms with Crippen LogP contribution in [-0.4, -0.2) is 26.2 Å². The summed E-state index contributed by atoms with van der Waals surface area (Å²) in [5.74, 6) is 0.00134. The molecule has 1 rings (SSSR count). The van der Waals surface area contributed by atoms with Crippen LogP contribution in [0.1, 0.15) is 25.0 Å². The molecule has 1 aromatic rings. The number of aliphatic hydroxyl groups excluding tert-OH is 1. The van der Waals surface area contributed by atoms with Crippen LogP contribution < -0.4 is 10.5 Å². The summed E-state index contributed by atoms with van der Waals surface area (Å²) >= 11 is 0. The predicted molar refractivity (Wildman–Crippen MR) is 76.4 cm³/mol. The predicted octanol–water partition coefficient (Wildman–Crippen LogP) is 1.18. The molecule has 0 aromatic heterocycles. The maximum Gasteiger partial charge on any atom is 0.241 e. The number of rotatable bonds is 5. The summed E-state index contributed by atoms with van der Waals surface area (Å²) in [7, 11) is -3.69. The van der Waals surface area contributed by atoms with E-state index in [9.17, 15) is 13.5 Å². The van der Waals surface area contributed by atoms with Gasteiger partial charge in [0.15, 0.2) is 0 Å². The fourth-order valence-electron chi connectivity index (χ4n) is 1.90. The molecule has 1 atom stereocenters. The van der Waals surface area contributed by atoms with Crippen LogP contribution in [-0.2, 0) is 10.0 Å². The van der Waals surface area contributed by atoms with E-state index in [4.69, 9.17) is 5.73 Å². The molecule has 0 unspecified atom stereocenters. The van der Waals surface area contributed by atoms with Crippen molar-refractivity contribution in [3.8, 4) is 0 Å². The number of anilines is 1. The Bertz CT molecular complexity index is 553. The van der Waals surface area contributed by atoms with Crippen LogP contribution in [0.15, 0.2) is 17.0 Å². The van der Waals surface area contributed by atoms with Gasteiger partial charge in [-0.3, -0.25) is 0 Å². The first kappa shape index (κ1) is 15.9. The van der Waals surface area contributed by atoms with Gasteiger partial charge in [-0.05, 0) is 37.0 Å². The number of nitrogens with two attached hydrogens (primary N) is 1. The fourth-order valence-corrected chi connectivity index (χ4v) is 3.77. The molecule has 5 nitrogen and oxygen atoms in total. The highest BCUT2D eigenvalue weighted by molar-refractivity contribution is 7.89. The van der Waals surface area contributed by atoms with Crippen molar-refractivity contribution in [2.24, 2.45) is 5.92 Å². The molecule has 0 bridgehead atoms. The molecule has 0 aliphatic heterocycles. The molecule has 0 heterocycles. The molecule has 0 aliphatic carbocycles. The first-order chi connectivity index (χ1) is 8.70. The molecule has 19 heavy (non-hydrogen) atoms. The van der Waals surface area contributed by atoms with E-state index < -0.39 is 16.1 Å². The lowest BCUT2D eigenvalue weighted by molar-refractivity contribution is 0.227. The lowest BCUT2D eigenvalue weighted by atomic mass is 10.1. The van der Waals surface area contributed by atoms with Crippen molar-refractivity contribution in [2.75, 3.05) is 12.3 Å². The van der Waals surface area contributed by atoms with Gasteiger partial charge in [0.25, 0.3) is 0 Å². The number of hydrogen-bond acceptors (Lipinski definition) is 4. The van der Waals surface area contributed by atoms with Crippen molar-refractivity contribution >= 4 is 15.7 Å². The number of hydrogen-bond donors (Lipinski definition) is 3. The van der Waals surface area contributed by atoms with Crippen LogP contribution in [0, 0.1) is 19.8 Å². The van der Waals surface area contributed by atoms with E-state index in [0.717, 1.165) is 0 Å². The first-order valence-corrected chi connectivity index (χ1v) is 7.68. The summed E-state index contributed by atoms with van der Waals surface area (Å²) in [5, 5.41) is 9.25. The Morgan fingerprint density at radius 2 is 1.89 bits per heavy atom. The Kier molecular flexibility index (Phi) is 4.95. The Labute approximate surface area is 114 Å². The zero-order chi connectivity index (χ0) is 14.8. The van der Waals surface area contributed by atoms with Crippen molar-refractivity contribution in [2.45, 2.75) is 38.6 Å². The molecule has 4 N–H and O–H groups in total. The van der Waals surface area contributed by atoms with E-state index >= 15 is 0 Å². The molecule has 108 valence electrons. The topological polar surface area (TPSA) is 92.4 Å². The quantitative estimate of drug-likeness (QED) is 0.709. The molecule has 0 saturated heterocycles. The number of nitrogen functional groups attached to an aromatic ring is 1. The van der Waals surface area contributed by atoms with Crippen molar-refractivity contribution < 1.29 is 13.5 Å². The van der Waals surface area contributed by atoms with E-state index in [1.807, 2.05) is 13.8 Å². The van der Waals surface area contributed by atoms with E-state index in [-0.39, 0.29) is 17.4 Å². The number of aliphatic hydroxyl groups is 1. The van der Waals surface area contributed by atoms with Crippen molar-refractivity contribution in [1.82, 2.24) is 4.72 Å². The Morgan fingerprint density at radius 3 is 2.37 bits per heavy atom. The SMILES string of the molecule is Cc1ccc(N)c(C)c1S(=O)(=O)N[C@H](CO)C(C)C. The molecule has 0 fully saturated rings. The smallest absolute Gasteiger partial charge is 0.241 e. The van der Waals surface area contributed by atoms with Gasteiger partial charge >= 0.3 is 0 Å². The monoisotopic (exact) mass is 286 g/mol. The molecular formula is C13H22N2O3S. The second kappa shape index (κ2) is 5.90. The lowest BCUT2D eigenvalue weighted by Gasteiger charge is -2.21. The molecule has 0 aliphatic rings. The Morgan fingerprint density at radius 1 is 1.32 bits per heavy atom. The summed E-state index contributed by atoms with van der Waals surface area (Å²) < 4.78 is 27.4. The minimum absolute atomic E-state index is 0.00134. The van der Waals surface area contributed by atoms with E-state index in [1.54, 1.807) is 26.0 Å². The van der Waals surface area contributed by atoms with Gasteiger partial charge < -0.3 is 10.8 Å². The van der Waals surface area contributed by atoms with E-state index in [0.29, 0.717) is 16.8 Å². The zero-order valence-electron chi connectivity index (χ0n) is 11.8. The van der Waals surface area contributed by atoms with Gasteiger partial charge in [0.05, 0.1) is 11.5 Å². The molecular weight excluding hydrogens is 264 g/mol. The molecule has 0 spiro atoms. The number of benzene rings is 1. The fraction of sp³-hybridized carbons (Fsp3) is 0.538. The van der Waals surface area contributed by atoms with Gasteiger partial charge in [-0.15, -0.1) is 0 Å². The zero-order valence-corrected chi connectivity index (χ0v) is 12.6. The molecule has 0 saturated carbocycles. The highest BCUT2D eigenvalue weighted by Gasteiger charge is 2.25. The standard InChI is InChI=1S/C13H22N2O3S/c1-8(2)12(7-16)15-19(17,18)13-9(3)5-6-11(14)10(13)4/h5-6,8,12,15-16H,7,14H2,1-4H3/t12-/m1/s1. The first-order valence-electron chi connectivity index (χ1n) is 6.19. The normalized spacial score (nSPS) is 13.8. The Balaban J connectivity index is 3.25. The van der Waals surface area contributed by atoms with Crippen LogP contribution in [0.25, 0.3) is 0 Å². The van der Waals surface area contributed by atoms with Gasteiger partial charge in [-0.25, -0.2) is 13.1 Å². The average molecular weight is 286 g/mol. The summed E-state index contributed by atoms with van der Waals surface area (Å²) in [6.07, 6.45) is 0. The average Bonchev–Trinajstić information content (AvgIpc) is 2.30. The van der Waals surface area contributed by atoms with Crippen molar-refractivity contribution in [1.29, 1.82) is 0 Å². The largest absolute Gasteiger partial charge is 0.398 e. The van der Waals surface area contributed by atoms with Crippen LogP contribution in [0.2, 0.25) is 0 Å². The highest BCUT2D eigenvalue weighted by Crippen LogP contribution is 2.25. The van der Waals surface area contributed by atoms with Crippen LogP contribution in [0.4, 0.5) is 5.69 Å². The summed E-state index contributed by atoms with van der Waals surface area (Å²) in [5.41, 5.74) is 7.38. The van der Waals surface area contributed by atoms with Crippen LogP contribution in [0.3, 0.4) is 0 Å². The second-order valence-corrected chi connectivity index (χ2v) is 6.73. The minimum Gasteiger partial charge on any atom is -0.398 e. The van der Waals surface area contributed by atoms with Gasteiger partial charge in [-0.2, -0.15) is 0 Å². The van der Waals surface area contributed by atoms with Crippen LogP contribution >= 0.6 is 0 Å². The summed E-state index contributed by atoms with van der Waals surface area (Å²) in [4.78, 5) is 0.201. The third kappa shape index (κ3) is 3.46. The number of aryl methyl sites for hydroxylation is 1. The maximum atomic E-state index is 12.4. The van der Waals surface area contributed by atoms with E-state index in [2.05, 4.69) is 4.72 Å². The molecule has 6 heteroatoms. The van der Waals surface area contributed by atoms with Gasteiger partial charge in [0.1, 0.15) is 0 Å². The maximum absolute atomic E-state index is 12.4. The molecule has 1 aromatic carbocycles. The van der Waals surface area contributed by atoms with Crippen molar-refractivity contribution in [3.63, 3.8) is 0 Å². The van der Waals surface area contributed by atoms with E-state index in [1.165, 1.54) is 0 Å². The minimum atomic E-state index is -3.69. The molecule has 0 radical (unpaired) electrons. The number of nitrogens with one attached hydrogen (secondary N) is 1. The Hall–Kier alpha value is -1.11. The lowest BCUT2D eigenvalue weighted by Crippen LogP contribution is -2.41.